The maximum atomic E-state index is 13.4. The molecule has 0 heterocycles. The number of amides is 2. The van der Waals surface area contributed by atoms with Crippen molar-refractivity contribution in [2.24, 2.45) is 0 Å². The van der Waals surface area contributed by atoms with Gasteiger partial charge >= 0.3 is 11.9 Å². The van der Waals surface area contributed by atoms with Crippen LogP contribution in [0.1, 0.15) is 74.4 Å². The Labute approximate surface area is 238 Å². The predicted molar refractivity (Wildman–Crippen MR) is 160 cm³/mol. The van der Waals surface area contributed by atoms with Gasteiger partial charge in [-0.3, -0.25) is 4.79 Å². The Morgan fingerprint density at radius 2 is 1.67 bits per heavy atom. The van der Waals surface area contributed by atoms with Crippen LogP contribution >= 0.6 is 11.8 Å². The van der Waals surface area contributed by atoms with Crippen LogP contribution in [0.15, 0.2) is 42.5 Å². The summed E-state index contributed by atoms with van der Waals surface area (Å²) < 4.78 is 0.305. The Morgan fingerprint density at radius 3 is 2.21 bits per heavy atom. The van der Waals surface area contributed by atoms with Crippen molar-refractivity contribution >= 4 is 29.5 Å². The van der Waals surface area contributed by atoms with Crippen LogP contribution < -0.4 is 5.32 Å². The molecule has 214 valence electrons. The van der Waals surface area contributed by atoms with Gasteiger partial charge in [0.15, 0.2) is 0 Å². The number of nitrogens with zero attached hydrogens (tertiary/aromatic N) is 2. The van der Waals surface area contributed by atoms with E-state index in [2.05, 4.69) is 24.2 Å². The first-order chi connectivity index (χ1) is 18.6. The van der Waals surface area contributed by atoms with Crippen molar-refractivity contribution in [3.63, 3.8) is 0 Å². The lowest BCUT2D eigenvalue weighted by molar-refractivity contribution is -0.968. The number of nitrogens with one attached hydrogen (secondary N) is 1. The van der Waals surface area contributed by atoms with Crippen molar-refractivity contribution in [2.75, 3.05) is 32.1 Å². The minimum Gasteiger partial charge on any atom is -0.480 e. The second-order valence-electron chi connectivity index (χ2n) is 10.3. The van der Waals surface area contributed by atoms with Gasteiger partial charge in [-0.25, -0.2) is 9.59 Å². The number of thioether (sulfide) groups is 1. The van der Waals surface area contributed by atoms with Crippen LogP contribution in [-0.4, -0.2) is 70.7 Å². The number of rotatable bonds is 16. The molecule has 1 atom stereocenters. The number of benzene rings is 2. The summed E-state index contributed by atoms with van der Waals surface area (Å²) in [6.45, 7) is 10.0. The molecule has 2 rings (SSSR count). The van der Waals surface area contributed by atoms with Gasteiger partial charge in [0, 0.05) is 12.6 Å². The highest BCUT2D eigenvalue weighted by Gasteiger charge is 2.37. The number of carboxylic acids is 1. The Bertz CT molecular complexity index is 1110. The number of aliphatic carboxylic acids is 1. The summed E-state index contributed by atoms with van der Waals surface area (Å²) in [5.41, 5.74) is 4.13. The van der Waals surface area contributed by atoms with Crippen LogP contribution in [0, 0.1) is 6.92 Å². The standard InChI is InChI=1S/C31H45N3O4S/c1-7-9-18-34(24(4)35,19-10-8-2)33(5)22-25-15-16-27(28(21-25)26-14-12-11-13-23(26)3)30(36)32-29(31(37)38)17-20-39-6/h11-16,21,29H,7-10,17-20,22H2,1-6H3,(H-,32,36,37,38)/p+1/t29-/m0/s1. The summed E-state index contributed by atoms with van der Waals surface area (Å²) in [6.07, 6.45) is 6.22. The molecule has 39 heavy (non-hydrogen) atoms. The highest BCUT2D eigenvalue weighted by molar-refractivity contribution is 7.98. The number of quaternary nitrogens is 1. The number of aryl methyl sites for hydroxylation is 1. The zero-order chi connectivity index (χ0) is 29.0. The van der Waals surface area contributed by atoms with Crippen molar-refractivity contribution in [2.45, 2.75) is 72.4 Å². The fourth-order valence-corrected chi connectivity index (χ4v) is 5.43. The fourth-order valence-electron chi connectivity index (χ4n) is 4.96. The normalized spacial score (nSPS) is 12.4. The quantitative estimate of drug-likeness (QED) is 0.198. The topological polar surface area (TPSA) is 86.7 Å². The summed E-state index contributed by atoms with van der Waals surface area (Å²) >= 11 is 1.55. The lowest BCUT2D eigenvalue weighted by atomic mass is 9.93. The predicted octanol–water partition coefficient (Wildman–Crippen LogP) is 5.91. The molecule has 0 radical (unpaired) electrons. The molecule has 0 spiro atoms. The molecule has 2 aromatic rings. The van der Waals surface area contributed by atoms with E-state index in [-0.39, 0.29) is 5.91 Å². The van der Waals surface area contributed by atoms with Crippen molar-refractivity contribution in [3.8, 4) is 11.1 Å². The monoisotopic (exact) mass is 556 g/mol. The fraction of sp³-hybridized carbons (Fsp3) is 0.516. The van der Waals surface area contributed by atoms with Gasteiger partial charge in [-0.05, 0) is 72.6 Å². The Balaban J connectivity index is 2.51. The highest BCUT2D eigenvalue weighted by Crippen LogP contribution is 2.30. The molecule has 0 unspecified atom stereocenters. The third-order valence-corrected chi connectivity index (χ3v) is 8.04. The lowest BCUT2D eigenvalue weighted by Gasteiger charge is -2.41. The number of carboxylic acid groups (broad SMARTS) is 1. The van der Waals surface area contributed by atoms with Crippen molar-refractivity contribution in [1.29, 1.82) is 0 Å². The molecule has 7 nitrogen and oxygen atoms in total. The van der Waals surface area contributed by atoms with Gasteiger partial charge in [0.25, 0.3) is 5.91 Å². The first-order valence-corrected chi connectivity index (χ1v) is 15.3. The molecule has 2 aromatic carbocycles. The van der Waals surface area contributed by atoms with E-state index >= 15 is 0 Å². The molecule has 0 bridgehead atoms. The van der Waals surface area contributed by atoms with Crippen LogP contribution in [-0.2, 0) is 16.1 Å². The van der Waals surface area contributed by atoms with E-state index in [1.165, 1.54) is 0 Å². The summed E-state index contributed by atoms with van der Waals surface area (Å²) in [4.78, 5) is 38.3. The van der Waals surface area contributed by atoms with Gasteiger partial charge < -0.3 is 10.4 Å². The maximum Gasteiger partial charge on any atom is 0.329 e. The van der Waals surface area contributed by atoms with Crippen LogP contribution in [0.25, 0.3) is 11.1 Å². The summed E-state index contributed by atoms with van der Waals surface area (Å²) in [6, 6.07) is 12.6. The molecule has 0 aliphatic rings. The number of hydrogen-bond donors (Lipinski definition) is 2. The number of carbonyl (C=O) groups is 3. The molecule has 0 saturated heterocycles. The summed E-state index contributed by atoms with van der Waals surface area (Å²) in [7, 11) is 2.00. The van der Waals surface area contributed by atoms with Gasteiger partial charge in [-0.2, -0.15) is 16.4 Å². The average molecular weight is 557 g/mol. The molecule has 0 aliphatic carbocycles. The second kappa shape index (κ2) is 15.8. The Kier molecular flexibility index (Phi) is 13.2. The largest absolute Gasteiger partial charge is 0.480 e. The van der Waals surface area contributed by atoms with Crippen LogP contribution in [0.5, 0.6) is 0 Å². The van der Waals surface area contributed by atoms with E-state index < -0.39 is 17.9 Å². The highest BCUT2D eigenvalue weighted by atomic mass is 32.2. The number of carbonyl (C=O) groups excluding carboxylic acids is 2. The molecule has 0 aromatic heterocycles. The molecular formula is C31H46N3O4S+. The molecular weight excluding hydrogens is 510 g/mol. The van der Waals surface area contributed by atoms with Crippen LogP contribution in [0.2, 0.25) is 0 Å². The third kappa shape index (κ3) is 8.65. The van der Waals surface area contributed by atoms with E-state index in [0.29, 0.717) is 28.9 Å². The maximum absolute atomic E-state index is 13.4. The Morgan fingerprint density at radius 1 is 1.03 bits per heavy atom. The summed E-state index contributed by atoms with van der Waals surface area (Å²) in [5, 5.41) is 14.5. The van der Waals surface area contributed by atoms with Gasteiger partial charge in [0.1, 0.15) is 19.1 Å². The van der Waals surface area contributed by atoms with Crippen molar-refractivity contribution < 1.29 is 24.1 Å². The molecule has 2 N–H and O–H groups in total. The number of unbranched alkanes of at least 4 members (excludes halogenated alkanes) is 2. The molecule has 8 heteroatoms. The van der Waals surface area contributed by atoms with Gasteiger partial charge in [0.05, 0.1) is 13.5 Å². The average Bonchev–Trinajstić information content (AvgIpc) is 2.91. The number of hydrogen-bond acceptors (Lipinski definition) is 5. The van der Waals surface area contributed by atoms with E-state index in [4.69, 9.17) is 0 Å². The third-order valence-electron chi connectivity index (χ3n) is 7.39. The van der Waals surface area contributed by atoms with Crippen molar-refractivity contribution in [3.05, 3.63) is 59.2 Å². The van der Waals surface area contributed by atoms with E-state index in [0.717, 1.165) is 61.0 Å². The summed E-state index contributed by atoms with van der Waals surface area (Å²) in [5.74, 6) is -0.661. The molecule has 2 amide bonds. The minimum atomic E-state index is -1.04. The van der Waals surface area contributed by atoms with E-state index in [1.54, 1.807) is 24.8 Å². The zero-order valence-corrected chi connectivity index (χ0v) is 25.3. The first kappa shape index (κ1) is 32.5. The SMILES string of the molecule is CCCC[N+](CCCC)(C(C)=O)N(C)Cc1ccc(C(=O)N[C@@H](CCSC)C(=O)O)c(-c2ccccc2C)c1. The minimum absolute atomic E-state index is 0.138. The second-order valence-corrected chi connectivity index (χ2v) is 11.2. The van der Waals surface area contributed by atoms with Crippen LogP contribution in [0.3, 0.4) is 0 Å². The van der Waals surface area contributed by atoms with Crippen LogP contribution in [0.4, 0.5) is 0 Å². The Hall–Kier alpha value is -2.68. The van der Waals surface area contributed by atoms with Gasteiger partial charge in [-0.15, -0.1) is 5.01 Å². The zero-order valence-electron chi connectivity index (χ0n) is 24.5. The smallest absolute Gasteiger partial charge is 0.329 e. The van der Waals surface area contributed by atoms with Gasteiger partial charge in [-0.1, -0.05) is 57.0 Å². The van der Waals surface area contributed by atoms with Gasteiger partial charge in [0.2, 0.25) is 0 Å². The van der Waals surface area contributed by atoms with E-state index in [9.17, 15) is 19.5 Å². The molecule has 0 saturated carbocycles. The molecule has 0 aliphatic heterocycles. The van der Waals surface area contributed by atoms with E-state index in [1.807, 2.05) is 56.6 Å². The van der Waals surface area contributed by atoms with Crippen molar-refractivity contribution in [1.82, 2.24) is 10.3 Å². The lowest BCUT2D eigenvalue weighted by Crippen LogP contribution is -2.62. The first-order valence-electron chi connectivity index (χ1n) is 13.9. The molecule has 0 fully saturated rings.